The van der Waals surface area contributed by atoms with Gasteiger partial charge in [-0.3, -0.25) is 0 Å². The Balaban J connectivity index is 1.09. The number of rotatable bonds is 2. The Morgan fingerprint density at radius 3 is 1.42 bits per heavy atom. The molecule has 0 radical (unpaired) electrons. The van der Waals surface area contributed by atoms with Crippen LogP contribution in [0.1, 0.15) is 0 Å². The summed E-state index contributed by atoms with van der Waals surface area (Å²) in [7, 11) is -3.33. The van der Waals surface area contributed by atoms with Gasteiger partial charge in [-0.1, -0.05) is 91.0 Å². The first-order chi connectivity index (χ1) is 23.6. The maximum Gasteiger partial charge on any atom is 0.185 e. The summed E-state index contributed by atoms with van der Waals surface area (Å²) in [6.07, 6.45) is 0. The molecule has 7 aromatic carbocycles. The van der Waals surface area contributed by atoms with Crippen LogP contribution in [0.25, 0.3) is 62.6 Å². The van der Waals surface area contributed by atoms with Gasteiger partial charge in [-0.05, 0) is 70.8 Å². The van der Waals surface area contributed by atoms with Crippen LogP contribution in [-0.2, 0) is 4.57 Å². The van der Waals surface area contributed by atoms with Crippen molar-refractivity contribution in [3.8, 4) is 45.3 Å². The van der Waals surface area contributed by atoms with E-state index in [0.717, 1.165) is 22.3 Å². The van der Waals surface area contributed by atoms with Crippen molar-refractivity contribution < 1.29 is 14.0 Å². The third-order valence-corrected chi connectivity index (χ3v) is 15.4. The molecular formula is C42H23O3PS2. The molecule has 0 spiro atoms. The Morgan fingerprint density at radius 1 is 0.438 bits per heavy atom. The standard InChI is InChI=1S/C42H23O3PS2/c43-46-36-20-18-24(26-10-5-12-30-28-8-1-3-16-38(28)47-41(26)30)22-34(36)44-32-14-7-15-33(40(32)46)45-35-23-25(19-21-37(35)46)27-11-6-13-31-29-9-2-4-17-39(29)48-42(27)31/h1-23H. The summed E-state index contributed by atoms with van der Waals surface area (Å²) in [5.74, 6) is 2.44. The van der Waals surface area contributed by atoms with Crippen LogP contribution in [0.5, 0.6) is 23.0 Å². The van der Waals surface area contributed by atoms with Crippen molar-refractivity contribution in [2.24, 2.45) is 0 Å². The van der Waals surface area contributed by atoms with Crippen molar-refractivity contribution in [2.75, 3.05) is 0 Å². The minimum Gasteiger partial charge on any atom is -0.456 e. The molecule has 0 N–H and O–H groups in total. The van der Waals surface area contributed by atoms with Crippen LogP contribution in [0, 0.1) is 0 Å². The lowest BCUT2D eigenvalue weighted by molar-refractivity contribution is 0.462. The monoisotopic (exact) mass is 670 g/mol. The Hall–Kier alpha value is -5.19. The van der Waals surface area contributed by atoms with E-state index >= 15 is 4.57 Å². The molecule has 48 heavy (non-hydrogen) atoms. The van der Waals surface area contributed by atoms with Crippen LogP contribution in [0.2, 0.25) is 0 Å². The Morgan fingerprint density at radius 2 is 0.896 bits per heavy atom. The summed E-state index contributed by atoms with van der Waals surface area (Å²) in [6, 6.07) is 48.1. The smallest absolute Gasteiger partial charge is 0.185 e. The zero-order valence-electron chi connectivity index (χ0n) is 25.3. The molecule has 2 aromatic heterocycles. The van der Waals surface area contributed by atoms with Crippen molar-refractivity contribution >= 4 is 86.1 Å². The van der Waals surface area contributed by atoms with Gasteiger partial charge in [-0.25, -0.2) is 0 Å². The minimum absolute atomic E-state index is 0.588. The van der Waals surface area contributed by atoms with E-state index < -0.39 is 7.14 Å². The second kappa shape index (κ2) is 9.68. The van der Waals surface area contributed by atoms with Crippen LogP contribution in [-0.4, -0.2) is 0 Å². The second-order valence-electron chi connectivity index (χ2n) is 12.3. The largest absolute Gasteiger partial charge is 0.456 e. The van der Waals surface area contributed by atoms with Gasteiger partial charge in [0.1, 0.15) is 28.3 Å². The highest BCUT2D eigenvalue weighted by Gasteiger charge is 2.46. The predicted molar refractivity (Wildman–Crippen MR) is 203 cm³/mol. The van der Waals surface area contributed by atoms with Gasteiger partial charge in [-0.2, -0.15) is 0 Å². The first-order valence-electron chi connectivity index (χ1n) is 15.8. The van der Waals surface area contributed by atoms with Gasteiger partial charge in [0.05, 0.1) is 10.6 Å². The molecule has 4 heterocycles. The van der Waals surface area contributed by atoms with E-state index in [9.17, 15) is 0 Å². The van der Waals surface area contributed by atoms with Gasteiger partial charge in [-0.15, -0.1) is 22.7 Å². The highest BCUT2D eigenvalue weighted by molar-refractivity contribution is 7.86. The van der Waals surface area contributed by atoms with E-state index in [1.165, 1.54) is 40.3 Å². The molecule has 0 bridgehead atoms. The quantitative estimate of drug-likeness (QED) is 0.172. The maximum atomic E-state index is 15.7. The first kappa shape index (κ1) is 26.8. The minimum atomic E-state index is -3.33. The molecule has 2 aliphatic heterocycles. The number of fused-ring (bicyclic) bond motifs is 10. The Labute approximate surface area is 283 Å². The molecule has 0 fully saturated rings. The van der Waals surface area contributed by atoms with Crippen molar-refractivity contribution in [3.63, 3.8) is 0 Å². The fourth-order valence-corrected chi connectivity index (χ4v) is 13.1. The van der Waals surface area contributed by atoms with Crippen molar-refractivity contribution in [1.29, 1.82) is 0 Å². The van der Waals surface area contributed by atoms with Gasteiger partial charge < -0.3 is 14.0 Å². The molecule has 0 aliphatic carbocycles. The van der Waals surface area contributed by atoms with Crippen LogP contribution in [0.4, 0.5) is 0 Å². The molecule has 0 saturated heterocycles. The van der Waals surface area contributed by atoms with Crippen LogP contribution >= 0.6 is 29.8 Å². The average Bonchev–Trinajstić information content (AvgIpc) is 3.70. The van der Waals surface area contributed by atoms with Crippen LogP contribution < -0.4 is 25.4 Å². The lowest BCUT2D eigenvalue weighted by Gasteiger charge is -2.34. The van der Waals surface area contributed by atoms with Crippen LogP contribution in [0.3, 0.4) is 0 Å². The van der Waals surface area contributed by atoms with Crippen molar-refractivity contribution in [2.45, 2.75) is 0 Å². The average molecular weight is 671 g/mol. The number of hydrogen-bond donors (Lipinski definition) is 0. The molecule has 3 nitrogen and oxygen atoms in total. The molecule has 6 heteroatoms. The molecule has 0 atom stereocenters. The van der Waals surface area contributed by atoms with Crippen molar-refractivity contribution in [3.05, 3.63) is 140 Å². The third-order valence-electron chi connectivity index (χ3n) is 9.75. The van der Waals surface area contributed by atoms with Gasteiger partial charge >= 0.3 is 0 Å². The SMILES string of the molecule is O=P12c3ccc(-c4cccc5c4sc4ccccc45)cc3Oc3cccc(c31)Oc1cc(-c3cccc4c3sc3ccccc34)ccc12. The van der Waals surface area contributed by atoms with E-state index in [1.54, 1.807) is 22.7 Å². The normalized spacial score (nSPS) is 14.0. The van der Waals surface area contributed by atoms with E-state index in [4.69, 9.17) is 9.47 Å². The fourth-order valence-electron chi connectivity index (χ4n) is 7.58. The summed E-state index contributed by atoms with van der Waals surface area (Å²) in [5, 5.41) is 7.08. The zero-order chi connectivity index (χ0) is 31.6. The molecule has 9 aromatic rings. The van der Waals surface area contributed by atoms with Crippen LogP contribution in [0.15, 0.2) is 140 Å². The Kier molecular flexibility index (Phi) is 5.41. The summed E-state index contributed by atoms with van der Waals surface area (Å²) in [5.41, 5.74) is 4.37. The lowest BCUT2D eigenvalue weighted by atomic mass is 10.0. The third kappa shape index (κ3) is 3.56. The molecule has 0 amide bonds. The second-order valence-corrected chi connectivity index (χ2v) is 17.1. The topological polar surface area (TPSA) is 35.5 Å². The molecular weight excluding hydrogens is 648 g/mol. The van der Waals surface area contributed by atoms with Gasteiger partial charge in [0.15, 0.2) is 7.14 Å². The van der Waals surface area contributed by atoms with Gasteiger partial charge in [0.2, 0.25) is 0 Å². The molecule has 11 rings (SSSR count). The van der Waals surface area contributed by atoms with Gasteiger partial charge in [0, 0.05) is 40.3 Å². The zero-order valence-corrected chi connectivity index (χ0v) is 27.8. The highest BCUT2D eigenvalue weighted by Crippen LogP contribution is 2.59. The van der Waals surface area contributed by atoms with E-state index in [1.807, 2.05) is 30.3 Å². The number of benzene rings is 7. The molecule has 0 saturated carbocycles. The van der Waals surface area contributed by atoms with E-state index in [-0.39, 0.29) is 0 Å². The Bertz CT molecular complexity index is 2710. The summed E-state index contributed by atoms with van der Waals surface area (Å²) >= 11 is 3.61. The maximum absolute atomic E-state index is 15.7. The van der Waals surface area contributed by atoms with E-state index in [2.05, 4.69) is 109 Å². The summed E-state index contributed by atoms with van der Waals surface area (Å²) in [4.78, 5) is 0. The number of ether oxygens (including phenoxy) is 2. The number of hydrogen-bond acceptors (Lipinski definition) is 5. The molecule has 2 aliphatic rings. The highest BCUT2D eigenvalue weighted by atomic mass is 32.1. The van der Waals surface area contributed by atoms with E-state index in [0.29, 0.717) is 38.9 Å². The first-order valence-corrected chi connectivity index (χ1v) is 19.2. The summed E-state index contributed by atoms with van der Waals surface area (Å²) in [6.45, 7) is 0. The van der Waals surface area contributed by atoms with Gasteiger partial charge in [0.25, 0.3) is 0 Å². The molecule has 0 unspecified atom stereocenters. The molecule has 226 valence electrons. The fraction of sp³-hybridized carbons (Fsp3) is 0. The van der Waals surface area contributed by atoms with Crippen molar-refractivity contribution in [1.82, 2.24) is 0 Å². The lowest BCUT2D eigenvalue weighted by Crippen LogP contribution is -2.35. The number of thiophene rings is 2. The predicted octanol–water partition coefficient (Wildman–Crippen LogP) is 11.6. The summed E-state index contributed by atoms with van der Waals surface area (Å²) < 4.78 is 33.9.